The van der Waals surface area contributed by atoms with Crippen LogP contribution in [0.4, 0.5) is 0 Å². The third kappa shape index (κ3) is 2.49. The van der Waals surface area contributed by atoms with Gasteiger partial charge in [-0.05, 0) is 26.7 Å². The van der Waals surface area contributed by atoms with Gasteiger partial charge in [-0.15, -0.1) is 11.6 Å². The third-order valence-electron chi connectivity index (χ3n) is 2.75. The number of hydrogen-bond acceptors (Lipinski definition) is 3. The van der Waals surface area contributed by atoms with Crippen LogP contribution in [0.1, 0.15) is 32.5 Å². The van der Waals surface area contributed by atoms with Crippen molar-refractivity contribution in [3.8, 4) is 0 Å². The fourth-order valence-electron chi connectivity index (χ4n) is 1.94. The zero-order valence-electron chi connectivity index (χ0n) is 9.11. The minimum Gasteiger partial charge on any atom is -0.370 e. The monoisotopic (exact) mass is 229 g/mol. The first-order chi connectivity index (χ1) is 7.11. The Bertz CT molecular complexity index is 337. The van der Waals surface area contributed by atoms with Crippen LogP contribution in [-0.2, 0) is 17.2 Å². The van der Waals surface area contributed by atoms with Gasteiger partial charge in [-0.2, -0.15) is 5.10 Å². The maximum absolute atomic E-state index is 5.89. The van der Waals surface area contributed by atoms with Crippen LogP contribution in [-0.4, -0.2) is 26.5 Å². The molecule has 84 valence electrons. The van der Waals surface area contributed by atoms with E-state index in [1.807, 2.05) is 4.68 Å². The van der Waals surface area contributed by atoms with Crippen molar-refractivity contribution < 1.29 is 4.74 Å². The highest BCUT2D eigenvalue weighted by molar-refractivity contribution is 6.16. The predicted molar refractivity (Wildman–Crippen MR) is 57.8 cm³/mol. The second-order valence-electron chi connectivity index (χ2n) is 4.53. The molecule has 4 nitrogen and oxygen atoms in total. The molecule has 0 saturated carbocycles. The second kappa shape index (κ2) is 4.10. The molecule has 15 heavy (non-hydrogen) atoms. The fourth-order valence-corrected chi connectivity index (χ4v) is 2.15. The van der Waals surface area contributed by atoms with Crippen molar-refractivity contribution in [2.24, 2.45) is 0 Å². The highest BCUT2D eigenvalue weighted by Gasteiger charge is 2.32. The van der Waals surface area contributed by atoms with Crippen molar-refractivity contribution in [1.29, 1.82) is 0 Å². The van der Waals surface area contributed by atoms with Crippen LogP contribution >= 0.6 is 11.6 Å². The molecule has 5 heteroatoms. The van der Waals surface area contributed by atoms with E-state index in [2.05, 4.69) is 23.9 Å². The van der Waals surface area contributed by atoms with E-state index in [0.717, 1.165) is 25.2 Å². The minimum atomic E-state index is 0.00633. The van der Waals surface area contributed by atoms with Crippen LogP contribution in [0.2, 0.25) is 0 Å². The maximum Gasteiger partial charge on any atom is 0.141 e. The lowest BCUT2D eigenvalue weighted by atomic mass is 10.1. The van der Waals surface area contributed by atoms with E-state index in [0.29, 0.717) is 5.88 Å². The van der Waals surface area contributed by atoms with Crippen LogP contribution in [0.3, 0.4) is 0 Å². The molecule has 2 rings (SSSR count). The lowest BCUT2D eigenvalue weighted by Gasteiger charge is -2.19. The number of hydrogen-bond donors (Lipinski definition) is 0. The average Bonchev–Trinajstić information content (AvgIpc) is 2.73. The summed E-state index contributed by atoms with van der Waals surface area (Å²) in [5.41, 5.74) is 0.00633. The normalized spacial score (nSPS) is 24.6. The SMILES string of the molecule is CC1(C)CCC(Cn2ncnc2CCl)O1. The number of halogens is 1. The summed E-state index contributed by atoms with van der Waals surface area (Å²) in [6.45, 7) is 5.00. The molecule has 1 atom stereocenters. The van der Waals surface area contributed by atoms with Gasteiger partial charge in [0, 0.05) is 0 Å². The Kier molecular flexibility index (Phi) is 2.98. The van der Waals surface area contributed by atoms with Crippen LogP contribution in [0.25, 0.3) is 0 Å². The highest BCUT2D eigenvalue weighted by atomic mass is 35.5. The Morgan fingerprint density at radius 3 is 3.07 bits per heavy atom. The summed E-state index contributed by atoms with van der Waals surface area (Å²) >= 11 is 5.75. The zero-order valence-corrected chi connectivity index (χ0v) is 9.87. The predicted octanol–water partition coefficient (Wildman–Crippen LogP) is 1.97. The van der Waals surface area contributed by atoms with Gasteiger partial charge in [0.05, 0.1) is 24.1 Å². The van der Waals surface area contributed by atoms with E-state index >= 15 is 0 Å². The fraction of sp³-hybridized carbons (Fsp3) is 0.800. The lowest BCUT2D eigenvalue weighted by molar-refractivity contribution is -0.0232. The second-order valence-corrected chi connectivity index (χ2v) is 4.80. The molecule has 0 bridgehead atoms. The largest absolute Gasteiger partial charge is 0.370 e. The Hall–Kier alpha value is -0.610. The van der Waals surface area contributed by atoms with Crippen LogP contribution in [0.5, 0.6) is 0 Å². The van der Waals surface area contributed by atoms with Gasteiger partial charge in [0.15, 0.2) is 0 Å². The summed E-state index contributed by atoms with van der Waals surface area (Å²) in [6.07, 6.45) is 3.96. The summed E-state index contributed by atoms with van der Waals surface area (Å²) in [4.78, 5) is 4.08. The van der Waals surface area contributed by atoms with Gasteiger partial charge in [-0.3, -0.25) is 0 Å². The molecule has 1 aromatic rings. The molecular weight excluding hydrogens is 214 g/mol. The molecule has 0 aromatic carbocycles. The number of nitrogens with zero attached hydrogens (tertiary/aromatic N) is 3. The van der Waals surface area contributed by atoms with Crippen molar-refractivity contribution in [2.45, 2.75) is 50.8 Å². The Morgan fingerprint density at radius 1 is 1.67 bits per heavy atom. The minimum absolute atomic E-state index is 0.00633. The zero-order chi connectivity index (χ0) is 10.9. The molecule has 0 radical (unpaired) electrons. The first kappa shape index (κ1) is 10.9. The van der Waals surface area contributed by atoms with Crippen LogP contribution in [0, 0.1) is 0 Å². The number of rotatable bonds is 3. The number of alkyl halides is 1. The molecule has 1 aromatic heterocycles. The van der Waals surface area contributed by atoms with E-state index < -0.39 is 0 Å². The molecule has 1 aliphatic heterocycles. The van der Waals surface area contributed by atoms with Gasteiger partial charge in [-0.1, -0.05) is 0 Å². The van der Waals surface area contributed by atoms with E-state index in [-0.39, 0.29) is 11.7 Å². The highest BCUT2D eigenvalue weighted by Crippen LogP contribution is 2.30. The van der Waals surface area contributed by atoms with Crippen molar-refractivity contribution in [2.75, 3.05) is 0 Å². The summed E-state index contributed by atoms with van der Waals surface area (Å²) < 4.78 is 7.72. The van der Waals surface area contributed by atoms with Crippen molar-refractivity contribution >= 4 is 11.6 Å². The Balaban J connectivity index is 1.98. The topological polar surface area (TPSA) is 39.9 Å². The molecule has 1 aliphatic rings. The molecule has 0 amide bonds. The van der Waals surface area contributed by atoms with Gasteiger partial charge in [0.1, 0.15) is 12.2 Å². The first-order valence-electron chi connectivity index (χ1n) is 5.21. The van der Waals surface area contributed by atoms with E-state index in [1.54, 1.807) is 0 Å². The summed E-state index contributed by atoms with van der Waals surface area (Å²) in [6, 6.07) is 0. The number of aromatic nitrogens is 3. The summed E-state index contributed by atoms with van der Waals surface area (Å²) in [5, 5.41) is 4.14. The van der Waals surface area contributed by atoms with Crippen molar-refractivity contribution in [3.05, 3.63) is 12.2 Å². The van der Waals surface area contributed by atoms with Gasteiger partial charge in [0.2, 0.25) is 0 Å². The van der Waals surface area contributed by atoms with E-state index in [1.165, 1.54) is 6.33 Å². The van der Waals surface area contributed by atoms with Crippen LogP contribution < -0.4 is 0 Å². The number of ether oxygens (including phenoxy) is 1. The molecule has 1 unspecified atom stereocenters. The third-order valence-corrected chi connectivity index (χ3v) is 2.98. The van der Waals surface area contributed by atoms with Gasteiger partial charge in [0.25, 0.3) is 0 Å². The molecule has 2 heterocycles. The van der Waals surface area contributed by atoms with Crippen molar-refractivity contribution in [1.82, 2.24) is 14.8 Å². The Labute approximate surface area is 94.6 Å². The van der Waals surface area contributed by atoms with Crippen molar-refractivity contribution in [3.63, 3.8) is 0 Å². The van der Waals surface area contributed by atoms with Crippen LogP contribution in [0.15, 0.2) is 6.33 Å². The van der Waals surface area contributed by atoms with Gasteiger partial charge < -0.3 is 4.74 Å². The van der Waals surface area contributed by atoms with Gasteiger partial charge in [-0.25, -0.2) is 9.67 Å². The molecule has 1 fully saturated rings. The molecule has 0 N–H and O–H groups in total. The molecule has 1 saturated heterocycles. The molecule has 0 spiro atoms. The smallest absolute Gasteiger partial charge is 0.141 e. The summed E-state index contributed by atoms with van der Waals surface area (Å²) in [7, 11) is 0. The molecular formula is C10H16ClN3O. The molecule has 0 aliphatic carbocycles. The maximum atomic E-state index is 5.89. The standard InChI is InChI=1S/C10H16ClN3O/c1-10(2)4-3-8(15-10)6-14-9(5-11)12-7-13-14/h7-8H,3-6H2,1-2H3. The summed E-state index contributed by atoms with van der Waals surface area (Å²) in [5.74, 6) is 1.21. The lowest BCUT2D eigenvalue weighted by Crippen LogP contribution is -2.24. The average molecular weight is 230 g/mol. The quantitative estimate of drug-likeness (QED) is 0.745. The first-order valence-corrected chi connectivity index (χ1v) is 5.75. The van der Waals surface area contributed by atoms with Gasteiger partial charge >= 0.3 is 0 Å². The van der Waals surface area contributed by atoms with E-state index in [4.69, 9.17) is 16.3 Å². The van der Waals surface area contributed by atoms with E-state index in [9.17, 15) is 0 Å². The Morgan fingerprint density at radius 2 is 2.47 bits per heavy atom.